The zero-order chi connectivity index (χ0) is 10.4. The fraction of sp³-hybridized carbons (Fsp3) is 0. The number of nitrogens with two attached hydrogens (primary N) is 2. The molecule has 4 N–H and O–H groups in total. The minimum atomic E-state index is 0.747. The number of nitrogen functional groups attached to an aromatic ring is 1. The highest BCUT2D eigenvalue weighted by Crippen LogP contribution is 2.31. The van der Waals surface area contributed by atoms with Gasteiger partial charge < -0.3 is 5.73 Å². The van der Waals surface area contributed by atoms with E-state index in [1.807, 2.05) is 30.4 Å². The summed E-state index contributed by atoms with van der Waals surface area (Å²) in [7, 11) is 0. The van der Waals surface area contributed by atoms with Crippen molar-refractivity contribution in [2.75, 3.05) is 5.73 Å². The minimum absolute atomic E-state index is 0.747. The average Bonchev–Trinajstić information content (AvgIpc) is 2.25. The molecule has 0 spiro atoms. The lowest BCUT2D eigenvalue weighted by Gasteiger charge is -2.12. The Bertz CT molecular complexity index is 609. The highest BCUT2D eigenvalue weighted by atomic mass is 14.6. The van der Waals surface area contributed by atoms with Crippen LogP contribution in [0.15, 0.2) is 36.4 Å². The summed E-state index contributed by atoms with van der Waals surface area (Å²) >= 11 is 0. The monoisotopic (exact) mass is 195 g/mol. The Morgan fingerprint density at radius 2 is 1.87 bits per heavy atom. The number of anilines is 1. The Balaban J connectivity index is 2.60. The van der Waals surface area contributed by atoms with Crippen LogP contribution in [-0.4, -0.2) is 5.71 Å². The van der Waals surface area contributed by atoms with E-state index in [0.29, 0.717) is 0 Å². The van der Waals surface area contributed by atoms with Crippen molar-refractivity contribution < 1.29 is 5.41 Å². The maximum absolute atomic E-state index is 5.96. The van der Waals surface area contributed by atoms with Crippen LogP contribution in [-0.2, 0) is 0 Å². The minimum Gasteiger partial charge on any atom is -0.398 e. The number of allylic oxidation sites excluding steroid dienone is 1. The first-order valence-corrected chi connectivity index (χ1v) is 4.89. The van der Waals surface area contributed by atoms with Crippen molar-refractivity contribution >= 4 is 28.2 Å². The molecule has 0 unspecified atom stereocenters. The molecule has 0 bridgehead atoms. The lowest BCUT2D eigenvalue weighted by Crippen LogP contribution is -2.40. The summed E-state index contributed by atoms with van der Waals surface area (Å²) in [6, 6.07) is 10.1. The third-order valence-electron chi connectivity index (χ3n) is 2.84. The van der Waals surface area contributed by atoms with Gasteiger partial charge in [0.2, 0.25) is 5.71 Å². The maximum atomic E-state index is 5.96. The summed E-state index contributed by atoms with van der Waals surface area (Å²) < 4.78 is 0. The van der Waals surface area contributed by atoms with E-state index in [2.05, 4.69) is 12.1 Å². The first kappa shape index (κ1) is 8.24. The lowest BCUT2D eigenvalue weighted by atomic mass is 9.91. The second kappa shape index (κ2) is 2.70. The molecule has 0 fully saturated rings. The molecule has 0 aromatic heterocycles. The predicted molar refractivity (Wildman–Crippen MR) is 63.4 cm³/mol. The van der Waals surface area contributed by atoms with Gasteiger partial charge in [0, 0.05) is 17.1 Å². The SMILES string of the molecule is Nc1ccc2cccc3c2c1C(=[NH2+])C=C3. The van der Waals surface area contributed by atoms with Gasteiger partial charge in [0.15, 0.2) is 0 Å². The molecule has 0 aliphatic heterocycles. The molecule has 15 heavy (non-hydrogen) atoms. The van der Waals surface area contributed by atoms with Gasteiger partial charge in [-0.3, -0.25) is 5.41 Å². The normalized spacial score (nSPS) is 13.5. The highest BCUT2D eigenvalue weighted by Gasteiger charge is 2.18. The second-order valence-electron chi connectivity index (χ2n) is 3.76. The molecular formula is C13H11N2+. The lowest BCUT2D eigenvalue weighted by molar-refractivity contribution is -0.110. The van der Waals surface area contributed by atoms with Crippen LogP contribution in [0.5, 0.6) is 0 Å². The van der Waals surface area contributed by atoms with Crippen LogP contribution in [0.2, 0.25) is 0 Å². The van der Waals surface area contributed by atoms with Crippen LogP contribution in [0.4, 0.5) is 5.69 Å². The van der Waals surface area contributed by atoms with E-state index in [9.17, 15) is 0 Å². The summed E-state index contributed by atoms with van der Waals surface area (Å²) in [4.78, 5) is 0. The van der Waals surface area contributed by atoms with Gasteiger partial charge in [-0.2, -0.15) is 0 Å². The smallest absolute Gasteiger partial charge is 0.206 e. The maximum Gasteiger partial charge on any atom is 0.206 e. The van der Waals surface area contributed by atoms with Gasteiger partial charge in [0.25, 0.3) is 0 Å². The zero-order valence-corrected chi connectivity index (χ0v) is 8.20. The van der Waals surface area contributed by atoms with Crippen LogP contribution >= 0.6 is 0 Å². The van der Waals surface area contributed by atoms with E-state index in [4.69, 9.17) is 11.1 Å². The first-order valence-electron chi connectivity index (χ1n) is 4.89. The molecule has 0 amide bonds. The quantitative estimate of drug-likeness (QED) is 0.605. The van der Waals surface area contributed by atoms with Gasteiger partial charge in [0.05, 0.1) is 5.56 Å². The molecule has 2 heteroatoms. The van der Waals surface area contributed by atoms with E-state index in [1.54, 1.807) is 0 Å². The topological polar surface area (TPSA) is 51.6 Å². The van der Waals surface area contributed by atoms with Crippen LogP contribution in [0.25, 0.3) is 16.8 Å². The molecule has 1 aliphatic carbocycles. The summed E-state index contributed by atoms with van der Waals surface area (Å²) in [5, 5.41) is 8.30. The average molecular weight is 195 g/mol. The molecule has 3 rings (SSSR count). The molecule has 2 aromatic carbocycles. The summed E-state index contributed by atoms with van der Waals surface area (Å²) in [5.41, 5.74) is 9.61. The van der Waals surface area contributed by atoms with Crippen molar-refractivity contribution in [3.05, 3.63) is 47.5 Å². The second-order valence-corrected chi connectivity index (χ2v) is 3.76. The summed E-state index contributed by atoms with van der Waals surface area (Å²) in [6.45, 7) is 0. The first-order chi connectivity index (χ1) is 7.27. The number of benzene rings is 2. The van der Waals surface area contributed by atoms with E-state index in [0.717, 1.165) is 22.3 Å². The number of hydrogen-bond donors (Lipinski definition) is 2. The fourth-order valence-corrected chi connectivity index (χ4v) is 2.14. The Labute approximate surface area is 87.5 Å². The van der Waals surface area contributed by atoms with Crippen LogP contribution in [0.1, 0.15) is 11.1 Å². The molecule has 0 radical (unpaired) electrons. The van der Waals surface area contributed by atoms with Crippen molar-refractivity contribution in [1.29, 1.82) is 0 Å². The van der Waals surface area contributed by atoms with Gasteiger partial charge in [-0.1, -0.05) is 24.3 Å². The molecule has 0 saturated carbocycles. The van der Waals surface area contributed by atoms with Gasteiger partial charge >= 0.3 is 0 Å². The Morgan fingerprint density at radius 1 is 1.00 bits per heavy atom. The van der Waals surface area contributed by atoms with Crippen LogP contribution in [0, 0.1) is 0 Å². The zero-order valence-electron chi connectivity index (χ0n) is 8.20. The van der Waals surface area contributed by atoms with E-state index in [1.165, 1.54) is 10.9 Å². The van der Waals surface area contributed by atoms with Crippen molar-refractivity contribution in [2.45, 2.75) is 0 Å². The van der Waals surface area contributed by atoms with Gasteiger partial charge in [-0.05, 0) is 23.1 Å². The Morgan fingerprint density at radius 3 is 2.73 bits per heavy atom. The molecule has 0 atom stereocenters. The van der Waals surface area contributed by atoms with Crippen molar-refractivity contribution in [3.8, 4) is 0 Å². The highest BCUT2D eigenvalue weighted by molar-refractivity contribution is 6.22. The van der Waals surface area contributed by atoms with Gasteiger partial charge in [0.1, 0.15) is 0 Å². The molecular weight excluding hydrogens is 184 g/mol. The standard InChI is InChI=1S/C13H10N2/c14-10-6-4-8-2-1-3-9-5-7-11(15)13(10)12(8)9/h1-7,14H,15H2/p+1. The van der Waals surface area contributed by atoms with Crippen LogP contribution < -0.4 is 11.1 Å². The Kier molecular flexibility index (Phi) is 1.48. The molecule has 2 nitrogen and oxygen atoms in total. The summed E-state index contributed by atoms with van der Waals surface area (Å²) in [5.74, 6) is 0. The van der Waals surface area contributed by atoms with Crippen LogP contribution in [0.3, 0.4) is 0 Å². The molecule has 0 heterocycles. The molecule has 2 aromatic rings. The predicted octanol–water partition coefficient (Wildman–Crippen LogP) is 0.997. The third-order valence-corrected chi connectivity index (χ3v) is 2.84. The van der Waals surface area contributed by atoms with Crippen molar-refractivity contribution in [2.24, 2.45) is 0 Å². The summed E-state index contributed by atoms with van der Waals surface area (Å²) in [6.07, 6.45) is 3.94. The van der Waals surface area contributed by atoms with Crippen molar-refractivity contribution in [3.63, 3.8) is 0 Å². The van der Waals surface area contributed by atoms with E-state index in [-0.39, 0.29) is 0 Å². The third kappa shape index (κ3) is 1.02. The van der Waals surface area contributed by atoms with Gasteiger partial charge in [-0.15, -0.1) is 0 Å². The van der Waals surface area contributed by atoms with Crippen molar-refractivity contribution in [1.82, 2.24) is 0 Å². The van der Waals surface area contributed by atoms with E-state index >= 15 is 0 Å². The molecule has 72 valence electrons. The van der Waals surface area contributed by atoms with Gasteiger partial charge in [-0.25, -0.2) is 0 Å². The molecule has 0 saturated heterocycles. The van der Waals surface area contributed by atoms with E-state index < -0.39 is 0 Å². The largest absolute Gasteiger partial charge is 0.398 e. The molecule has 1 aliphatic rings. The Hall–Kier alpha value is -2.09. The number of hydrogen-bond acceptors (Lipinski definition) is 1. The fourth-order valence-electron chi connectivity index (χ4n) is 2.14. The number of rotatable bonds is 0.